The monoisotopic (exact) mass is 354 g/mol. The molecule has 0 bridgehead atoms. The van der Waals surface area contributed by atoms with Gasteiger partial charge in [-0.1, -0.05) is 0 Å². The Hall–Kier alpha value is -2.60. The first-order valence-electron chi connectivity index (χ1n) is 8.93. The zero-order chi connectivity index (χ0) is 18.7. The van der Waals surface area contributed by atoms with E-state index in [9.17, 15) is 0 Å². The molecule has 3 N–H and O–H groups in total. The van der Waals surface area contributed by atoms with Crippen molar-refractivity contribution < 1.29 is 9.47 Å². The molecular weight excluding hydrogens is 328 g/mol. The number of morpholine rings is 1. The largest absolute Gasteiger partial charge is 0.492 e. The maximum atomic E-state index is 8.27. The summed E-state index contributed by atoms with van der Waals surface area (Å²) in [6.07, 6.45) is 3.70. The van der Waals surface area contributed by atoms with Crippen LogP contribution in [0.1, 0.15) is 18.1 Å². The molecule has 1 aromatic rings. The van der Waals surface area contributed by atoms with Crippen molar-refractivity contribution in [2.45, 2.75) is 20.8 Å². The number of rotatable bonds is 4. The molecule has 0 radical (unpaired) electrons. The zero-order valence-electron chi connectivity index (χ0n) is 15.6. The smallest absolute Gasteiger partial charge is 0.146 e. The summed E-state index contributed by atoms with van der Waals surface area (Å²) in [5.74, 6) is 0.549. The molecule has 6 nitrogen and oxygen atoms in total. The van der Waals surface area contributed by atoms with Crippen LogP contribution in [0.15, 0.2) is 40.7 Å². The summed E-state index contributed by atoms with van der Waals surface area (Å²) >= 11 is 0. The summed E-state index contributed by atoms with van der Waals surface area (Å²) < 4.78 is 11.1. The number of hydrogen-bond donors (Lipinski definition) is 2. The van der Waals surface area contributed by atoms with E-state index in [1.165, 1.54) is 0 Å². The molecule has 0 spiro atoms. The SMILES string of the molecule is CCOC1=C/C(=N\c2ccc(N)c(C)c2C)C(N2CCOCC2)=CC1=N. The van der Waals surface area contributed by atoms with Gasteiger partial charge in [-0.2, -0.15) is 0 Å². The van der Waals surface area contributed by atoms with E-state index in [1.807, 2.05) is 45.1 Å². The molecule has 1 fully saturated rings. The normalized spacial score (nSPS) is 19.4. The number of nitrogen functional groups attached to an aromatic ring is 1. The van der Waals surface area contributed by atoms with Gasteiger partial charge in [0.2, 0.25) is 0 Å². The van der Waals surface area contributed by atoms with Gasteiger partial charge in [0, 0.05) is 24.9 Å². The Bertz CT molecular complexity index is 802. The first kappa shape index (κ1) is 18.2. The lowest BCUT2D eigenvalue weighted by Gasteiger charge is -2.32. The van der Waals surface area contributed by atoms with Crippen molar-refractivity contribution in [1.29, 1.82) is 5.41 Å². The predicted molar refractivity (Wildman–Crippen MR) is 105 cm³/mol. The van der Waals surface area contributed by atoms with E-state index in [0.29, 0.717) is 31.3 Å². The maximum Gasteiger partial charge on any atom is 0.146 e. The quantitative estimate of drug-likeness (QED) is 0.643. The first-order valence-corrected chi connectivity index (χ1v) is 8.93. The van der Waals surface area contributed by atoms with Crippen LogP contribution in [0.25, 0.3) is 0 Å². The number of benzene rings is 1. The Balaban J connectivity index is 2.04. The molecule has 1 aliphatic carbocycles. The van der Waals surface area contributed by atoms with E-state index in [2.05, 4.69) is 4.90 Å². The number of nitrogens with zero attached hydrogens (tertiary/aromatic N) is 2. The van der Waals surface area contributed by atoms with Crippen LogP contribution in [0.3, 0.4) is 0 Å². The minimum absolute atomic E-state index is 0.373. The molecule has 0 amide bonds. The van der Waals surface area contributed by atoms with Gasteiger partial charge in [0.05, 0.1) is 42.6 Å². The van der Waals surface area contributed by atoms with Gasteiger partial charge in [-0.25, -0.2) is 4.99 Å². The third-order valence-corrected chi connectivity index (χ3v) is 4.77. The van der Waals surface area contributed by atoms with Crippen LogP contribution in [0.4, 0.5) is 11.4 Å². The standard InChI is InChI=1S/C20H26N4O2/c1-4-26-20-12-18(23-17-6-5-15(21)13(2)14(17)3)19(11-16(20)22)24-7-9-25-10-8-24/h5-6,11-12,22H,4,7-10,21H2,1-3H3/b22-16?,23-18+. The van der Waals surface area contributed by atoms with Crippen molar-refractivity contribution in [3.63, 3.8) is 0 Å². The predicted octanol–water partition coefficient (Wildman–Crippen LogP) is 3.13. The lowest BCUT2D eigenvalue weighted by Crippen LogP contribution is -2.39. The Labute approximate surface area is 154 Å². The molecule has 138 valence electrons. The summed E-state index contributed by atoms with van der Waals surface area (Å²) in [6.45, 7) is 9.40. The Kier molecular flexibility index (Phi) is 5.42. The van der Waals surface area contributed by atoms with E-state index in [-0.39, 0.29) is 0 Å². The zero-order valence-corrected chi connectivity index (χ0v) is 15.6. The van der Waals surface area contributed by atoms with E-state index in [0.717, 1.165) is 47.0 Å². The number of anilines is 1. The molecule has 6 heteroatoms. The molecule has 0 unspecified atom stereocenters. The van der Waals surface area contributed by atoms with Gasteiger partial charge in [-0.3, -0.25) is 5.41 Å². The molecular formula is C20H26N4O2. The van der Waals surface area contributed by atoms with Crippen molar-refractivity contribution >= 4 is 22.8 Å². The van der Waals surface area contributed by atoms with Gasteiger partial charge in [-0.05, 0) is 50.1 Å². The van der Waals surface area contributed by atoms with E-state index < -0.39 is 0 Å². The number of nitrogens with one attached hydrogen (secondary N) is 1. The highest BCUT2D eigenvalue weighted by molar-refractivity contribution is 6.22. The lowest BCUT2D eigenvalue weighted by molar-refractivity contribution is 0.0565. The van der Waals surface area contributed by atoms with Gasteiger partial charge >= 0.3 is 0 Å². The Morgan fingerprint density at radius 3 is 2.62 bits per heavy atom. The van der Waals surface area contributed by atoms with Crippen LogP contribution in [0.5, 0.6) is 0 Å². The van der Waals surface area contributed by atoms with E-state index in [4.69, 9.17) is 25.6 Å². The van der Waals surface area contributed by atoms with Crippen molar-refractivity contribution in [3.05, 3.63) is 46.9 Å². The van der Waals surface area contributed by atoms with Crippen molar-refractivity contribution in [2.75, 3.05) is 38.6 Å². The molecule has 26 heavy (non-hydrogen) atoms. The average molecular weight is 354 g/mol. The van der Waals surface area contributed by atoms with Crippen LogP contribution >= 0.6 is 0 Å². The van der Waals surface area contributed by atoms with Gasteiger partial charge < -0.3 is 20.1 Å². The fraction of sp³-hybridized carbons (Fsp3) is 0.400. The van der Waals surface area contributed by atoms with Gasteiger partial charge in [0.1, 0.15) is 5.76 Å². The Morgan fingerprint density at radius 2 is 1.92 bits per heavy atom. The highest BCUT2D eigenvalue weighted by Crippen LogP contribution is 2.28. The molecule has 3 rings (SSSR count). The second-order valence-electron chi connectivity index (χ2n) is 6.41. The average Bonchev–Trinajstić information content (AvgIpc) is 2.65. The summed E-state index contributed by atoms with van der Waals surface area (Å²) in [6, 6.07) is 3.83. The fourth-order valence-corrected chi connectivity index (χ4v) is 3.06. The van der Waals surface area contributed by atoms with Crippen LogP contribution in [-0.4, -0.2) is 49.2 Å². The lowest BCUT2D eigenvalue weighted by atomic mass is 10.0. The van der Waals surface area contributed by atoms with E-state index in [1.54, 1.807) is 0 Å². The second-order valence-corrected chi connectivity index (χ2v) is 6.41. The summed E-state index contributed by atoms with van der Waals surface area (Å²) in [4.78, 5) is 7.12. The summed E-state index contributed by atoms with van der Waals surface area (Å²) in [7, 11) is 0. The molecule has 0 saturated carbocycles. The third kappa shape index (κ3) is 3.65. The maximum absolute atomic E-state index is 8.27. The van der Waals surface area contributed by atoms with Gasteiger partial charge in [0.25, 0.3) is 0 Å². The molecule has 2 aliphatic rings. The molecule has 0 aromatic heterocycles. The second kappa shape index (κ2) is 7.74. The van der Waals surface area contributed by atoms with Crippen LogP contribution < -0.4 is 5.73 Å². The number of aliphatic imine (C=N–C) groups is 1. The first-order chi connectivity index (χ1) is 12.5. The van der Waals surface area contributed by atoms with Crippen LogP contribution in [0.2, 0.25) is 0 Å². The molecule has 1 aromatic carbocycles. The summed E-state index contributed by atoms with van der Waals surface area (Å²) in [5.41, 5.74) is 11.9. The van der Waals surface area contributed by atoms with Crippen molar-refractivity contribution in [3.8, 4) is 0 Å². The van der Waals surface area contributed by atoms with Crippen LogP contribution in [-0.2, 0) is 9.47 Å². The molecule has 1 saturated heterocycles. The molecule has 1 aliphatic heterocycles. The van der Waals surface area contributed by atoms with Crippen molar-refractivity contribution in [1.82, 2.24) is 4.90 Å². The van der Waals surface area contributed by atoms with Crippen molar-refractivity contribution in [2.24, 2.45) is 4.99 Å². The van der Waals surface area contributed by atoms with E-state index >= 15 is 0 Å². The highest BCUT2D eigenvalue weighted by Gasteiger charge is 2.24. The number of allylic oxidation sites excluding steroid dienone is 2. The Morgan fingerprint density at radius 1 is 1.19 bits per heavy atom. The summed E-state index contributed by atoms with van der Waals surface area (Å²) in [5, 5.41) is 8.27. The van der Waals surface area contributed by atoms with Gasteiger partial charge in [0.15, 0.2) is 0 Å². The van der Waals surface area contributed by atoms with Crippen LogP contribution in [0, 0.1) is 19.3 Å². The number of hydrogen-bond acceptors (Lipinski definition) is 6. The highest BCUT2D eigenvalue weighted by atomic mass is 16.5. The molecule has 1 heterocycles. The molecule has 0 atom stereocenters. The fourth-order valence-electron chi connectivity index (χ4n) is 3.06. The number of nitrogens with two attached hydrogens (primary N) is 1. The minimum Gasteiger partial charge on any atom is -0.492 e. The number of ether oxygens (including phenoxy) is 2. The van der Waals surface area contributed by atoms with Gasteiger partial charge in [-0.15, -0.1) is 0 Å². The topological polar surface area (TPSA) is 83.9 Å². The minimum atomic E-state index is 0.373. The third-order valence-electron chi connectivity index (χ3n) is 4.77.